The van der Waals surface area contributed by atoms with Crippen molar-refractivity contribution < 1.29 is 4.52 Å². The summed E-state index contributed by atoms with van der Waals surface area (Å²) in [4.78, 5) is 6.30. The fourth-order valence-electron chi connectivity index (χ4n) is 1.69. The maximum atomic E-state index is 5.81. The van der Waals surface area contributed by atoms with Crippen molar-refractivity contribution in [1.29, 1.82) is 0 Å². The van der Waals surface area contributed by atoms with Crippen LogP contribution in [-0.4, -0.2) is 34.2 Å². The van der Waals surface area contributed by atoms with Crippen molar-refractivity contribution in [3.8, 4) is 0 Å². The summed E-state index contributed by atoms with van der Waals surface area (Å²) < 4.78 is 4.70. The molecular weight excluding hydrogens is 168 g/mol. The zero-order chi connectivity index (χ0) is 9.26. The van der Waals surface area contributed by atoms with Gasteiger partial charge in [0.1, 0.15) is 0 Å². The van der Waals surface area contributed by atoms with E-state index >= 15 is 0 Å². The molecule has 1 aromatic heterocycles. The van der Waals surface area contributed by atoms with Crippen LogP contribution in [-0.2, 0) is 0 Å². The fraction of sp³-hybridized carbons (Fsp3) is 0.750. The first-order valence-corrected chi connectivity index (χ1v) is 4.53. The zero-order valence-corrected chi connectivity index (χ0v) is 7.68. The molecule has 0 bridgehead atoms. The molecule has 2 atom stereocenters. The molecule has 1 aromatic rings. The van der Waals surface area contributed by atoms with E-state index in [2.05, 4.69) is 22.0 Å². The lowest BCUT2D eigenvalue weighted by atomic mass is 10.3. The number of hydrogen-bond donors (Lipinski definition) is 1. The molecule has 0 aromatic carbocycles. The highest BCUT2D eigenvalue weighted by atomic mass is 16.5. The molecular formula is C8H14N4O. The Morgan fingerprint density at radius 1 is 1.77 bits per heavy atom. The molecule has 13 heavy (non-hydrogen) atoms. The monoisotopic (exact) mass is 182 g/mol. The summed E-state index contributed by atoms with van der Waals surface area (Å²) in [6.45, 7) is 4.02. The molecule has 1 fully saturated rings. The molecule has 0 saturated carbocycles. The van der Waals surface area contributed by atoms with Crippen LogP contribution in [0.2, 0.25) is 0 Å². The second kappa shape index (κ2) is 3.43. The van der Waals surface area contributed by atoms with Crippen LogP contribution in [0, 0.1) is 0 Å². The SMILES string of the molecule is CC(c1ncon1)N1CCC(N)C1. The van der Waals surface area contributed by atoms with Gasteiger partial charge < -0.3 is 10.3 Å². The van der Waals surface area contributed by atoms with E-state index in [1.165, 1.54) is 6.39 Å². The first-order chi connectivity index (χ1) is 6.27. The predicted octanol–water partition coefficient (Wildman–Crippen LogP) is 0.164. The summed E-state index contributed by atoms with van der Waals surface area (Å²) in [6.07, 6.45) is 2.42. The summed E-state index contributed by atoms with van der Waals surface area (Å²) in [5, 5.41) is 3.82. The van der Waals surface area contributed by atoms with Crippen molar-refractivity contribution in [3.63, 3.8) is 0 Å². The van der Waals surface area contributed by atoms with Crippen LogP contribution in [0.5, 0.6) is 0 Å². The van der Waals surface area contributed by atoms with E-state index in [4.69, 9.17) is 10.3 Å². The maximum absolute atomic E-state index is 5.81. The van der Waals surface area contributed by atoms with Crippen LogP contribution in [0.25, 0.3) is 0 Å². The number of likely N-dealkylation sites (tertiary alicyclic amines) is 1. The van der Waals surface area contributed by atoms with Gasteiger partial charge in [0.25, 0.3) is 0 Å². The largest absolute Gasteiger partial charge is 0.343 e. The summed E-state index contributed by atoms with van der Waals surface area (Å²) in [7, 11) is 0. The van der Waals surface area contributed by atoms with Gasteiger partial charge in [-0.2, -0.15) is 4.98 Å². The minimum atomic E-state index is 0.215. The molecule has 0 aliphatic carbocycles. The van der Waals surface area contributed by atoms with Crippen molar-refractivity contribution in [3.05, 3.63) is 12.2 Å². The molecule has 2 rings (SSSR count). The fourth-order valence-corrected chi connectivity index (χ4v) is 1.69. The van der Waals surface area contributed by atoms with E-state index in [1.54, 1.807) is 0 Å². The lowest BCUT2D eigenvalue weighted by molar-refractivity contribution is 0.244. The van der Waals surface area contributed by atoms with Crippen molar-refractivity contribution in [1.82, 2.24) is 15.0 Å². The van der Waals surface area contributed by atoms with Gasteiger partial charge in [-0.1, -0.05) is 5.16 Å². The highest BCUT2D eigenvalue weighted by Crippen LogP contribution is 2.20. The predicted molar refractivity (Wildman–Crippen MR) is 46.9 cm³/mol. The molecule has 2 heterocycles. The number of nitrogens with two attached hydrogens (primary N) is 1. The van der Waals surface area contributed by atoms with Crippen LogP contribution in [0.4, 0.5) is 0 Å². The minimum absolute atomic E-state index is 0.215. The number of rotatable bonds is 2. The first kappa shape index (κ1) is 8.65. The summed E-state index contributed by atoms with van der Waals surface area (Å²) in [5.41, 5.74) is 5.81. The molecule has 0 spiro atoms. The molecule has 1 saturated heterocycles. The second-order valence-corrected chi connectivity index (χ2v) is 3.51. The van der Waals surface area contributed by atoms with Gasteiger partial charge in [0.15, 0.2) is 5.82 Å². The standard InChI is InChI=1S/C8H14N4O/c1-6(8-10-5-13-11-8)12-3-2-7(9)4-12/h5-7H,2-4,9H2,1H3. The molecule has 0 radical (unpaired) electrons. The van der Waals surface area contributed by atoms with E-state index in [1.807, 2.05) is 0 Å². The zero-order valence-electron chi connectivity index (χ0n) is 7.68. The van der Waals surface area contributed by atoms with E-state index in [0.717, 1.165) is 25.3 Å². The van der Waals surface area contributed by atoms with Crippen LogP contribution >= 0.6 is 0 Å². The van der Waals surface area contributed by atoms with Gasteiger partial charge in [-0.25, -0.2) is 0 Å². The lowest BCUT2D eigenvalue weighted by Crippen LogP contribution is -2.29. The Labute approximate surface area is 76.9 Å². The molecule has 1 aliphatic rings. The van der Waals surface area contributed by atoms with Crippen molar-refractivity contribution in [2.45, 2.75) is 25.4 Å². The van der Waals surface area contributed by atoms with Crippen LogP contribution < -0.4 is 5.73 Å². The van der Waals surface area contributed by atoms with Crippen LogP contribution in [0.15, 0.2) is 10.9 Å². The number of hydrogen-bond acceptors (Lipinski definition) is 5. The topological polar surface area (TPSA) is 68.2 Å². The third kappa shape index (κ3) is 1.71. The van der Waals surface area contributed by atoms with Gasteiger partial charge in [-0.3, -0.25) is 4.90 Å². The minimum Gasteiger partial charge on any atom is -0.343 e. The molecule has 2 N–H and O–H groups in total. The Balaban J connectivity index is 2.02. The first-order valence-electron chi connectivity index (χ1n) is 4.53. The normalized spacial score (nSPS) is 26.5. The van der Waals surface area contributed by atoms with E-state index in [9.17, 15) is 0 Å². The van der Waals surface area contributed by atoms with Crippen molar-refractivity contribution >= 4 is 0 Å². The highest BCUT2D eigenvalue weighted by Gasteiger charge is 2.26. The third-order valence-corrected chi connectivity index (χ3v) is 2.56. The van der Waals surface area contributed by atoms with Crippen LogP contribution in [0.1, 0.15) is 25.2 Å². The molecule has 5 nitrogen and oxygen atoms in total. The van der Waals surface area contributed by atoms with Gasteiger partial charge in [-0.15, -0.1) is 0 Å². The Kier molecular flexibility index (Phi) is 2.28. The Morgan fingerprint density at radius 3 is 3.15 bits per heavy atom. The summed E-state index contributed by atoms with van der Waals surface area (Å²) in [5.74, 6) is 0.745. The molecule has 0 amide bonds. The van der Waals surface area contributed by atoms with Crippen LogP contribution in [0.3, 0.4) is 0 Å². The average Bonchev–Trinajstić information content (AvgIpc) is 2.72. The smallest absolute Gasteiger partial charge is 0.213 e. The second-order valence-electron chi connectivity index (χ2n) is 3.51. The van der Waals surface area contributed by atoms with E-state index < -0.39 is 0 Å². The Morgan fingerprint density at radius 2 is 2.62 bits per heavy atom. The molecule has 1 aliphatic heterocycles. The van der Waals surface area contributed by atoms with E-state index in [-0.39, 0.29) is 6.04 Å². The Bertz CT molecular complexity index is 261. The summed E-state index contributed by atoms with van der Waals surface area (Å²) >= 11 is 0. The van der Waals surface area contributed by atoms with Gasteiger partial charge in [0, 0.05) is 19.1 Å². The van der Waals surface area contributed by atoms with Gasteiger partial charge in [0.2, 0.25) is 6.39 Å². The van der Waals surface area contributed by atoms with E-state index in [0.29, 0.717) is 6.04 Å². The van der Waals surface area contributed by atoms with Crippen molar-refractivity contribution in [2.24, 2.45) is 5.73 Å². The lowest BCUT2D eigenvalue weighted by Gasteiger charge is -2.20. The third-order valence-electron chi connectivity index (χ3n) is 2.56. The average molecular weight is 182 g/mol. The summed E-state index contributed by atoms with van der Waals surface area (Å²) in [6, 6.07) is 0.515. The van der Waals surface area contributed by atoms with Gasteiger partial charge in [-0.05, 0) is 13.3 Å². The molecule has 72 valence electrons. The van der Waals surface area contributed by atoms with Crippen molar-refractivity contribution in [2.75, 3.05) is 13.1 Å². The molecule has 5 heteroatoms. The van der Waals surface area contributed by atoms with Gasteiger partial charge >= 0.3 is 0 Å². The van der Waals surface area contributed by atoms with Gasteiger partial charge in [0.05, 0.1) is 6.04 Å². The quantitative estimate of drug-likeness (QED) is 0.705. The number of nitrogens with zero attached hydrogens (tertiary/aromatic N) is 3. The Hall–Kier alpha value is -0.940. The maximum Gasteiger partial charge on any atom is 0.213 e. The molecule has 2 unspecified atom stereocenters. The number of aromatic nitrogens is 2. The highest BCUT2D eigenvalue weighted by molar-refractivity contribution is 4.92.